The van der Waals surface area contributed by atoms with Gasteiger partial charge in [0.05, 0.1) is 11.3 Å². The third-order valence-corrected chi connectivity index (χ3v) is 2.93. The SMILES string of the molecule is CC1CC1CNc1ccc(F)cc1C#N. The molecule has 0 bridgehead atoms. The van der Waals surface area contributed by atoms with Crippen LogP contribution in [0, 0.1) is 29.0 Å². The first kappa shape index (κ1) is 9.97. The molecule has 2 atom stereocenters. The Morgan fingerprint density at radius 1 is 1.60 bits per heavy atom. The average Bonchev–Trinajstić information content (AvgIpc) is 2.92. The van der Waals surface area contributed by atoms with Crippen LogP contribution in [-0.4, -0.2) is 6.54 Å². The van der Waals surface area contributed by atoms with Gasteiger partial charge in [0.1, 0.15) is 11.9 Å². The van der Waals surface area contributed by atoms with E-state index >= 15 is 0 Å². The van der Waals surface area contributed by atoms with Gasteiger partial charge in [-0.1, -0.05) is 6.92 Å². The summed E-state index contributed by atoms with van der Waals surface area (Å²) < 4.78 is 12.8. The lowest BCUT2D eigenvalue weighted by Crippen LogP contribution is -2.05. The first-order valence-electron chi connectivity index (χ1n) is 5.14. The van der Waals surface area contributed by atoms with Gasteiger partial charge < -0.3 is 5.32 Å². The molecule has 1 aliphatic rings. The number of hydrogen-bond donors (Lipinski definition) is 1. The van der Waals surface area contributed by atoms with E-state index in [9.17, 15) is 4.39 Å². The van der Waals surface area contributed by atoms with Gasteiger partial charge in [0.15, 0.2) is 0 Å². The molecular formula is C12H13FN2. The van der Waals surface area contributed by atoms with Crippen molar-refractivity contribution in [3.63, 3.8) is 0 Å². The maximum absolute atomic E-state index is 12.8. The molecule has 78 valence electrons. The van der Waals surface area contributed by atoms with Crippen LogP contribution in [0.1, 0.15) is 18.9 Å². The van der Waals surface area contributed by atoms with Crippen molar-refractivity contribution in [2.24, 2.45) is 11.8 Å². The van der Waals surface area contributed by atoms with Crippen molar-refractivity contribution < 1.29 is 4.39 Å². The van der Waals surface area contributed by atoms with Gasteiger partial charge in [-0.25, -0.2) is 4.39 Å². The normalized spacial score (nSPS) is 23.3. The van der Waals surface area contributed by atoms with Crippen molar-refractivity contribution in [3.05, 3.63) is 29.6 Å². The molecule has 0 heterocycles. The number of benzene rings is 1. The molecule has 0 saturated heterocycles. The number of hydrogen-bond acceptors (Lipinski definition) is 2. The van der Waals surface area contributed by atoms with Crippen LogP contribution in [0.3, 0.4) is 0 Å². The smallest absolute Gasteiger partial charge is 0.124 e. The lowest BCUT2D eigenvalue weighted by molar-refractivity contribution is 0.627. The van der Waals surface area contributed by atoms with Crippen LogP contribution in [0.25, 0.3) is 0 Å². The highest BCUT2D eigenvalue weighted by molar-refractivity contribution is 5.57. The predicted octanol–water partition coefficient (Wildman–Crippen LogP) is 2.77. The topological polar surface area (TPSA) is 35.8 Å². The molecule has 0 spiro atoms. The highest BCUT2D eigenvalue weighted by atomic mass is 19.1. The van der Waals surface area contributed by atoms with Crippen molar-refractivity contribution in [1.29, 1.82) is 5.26 Å². The molecule has 1 fully saturated rings. The average molecular weight is 204 g/mol. The highest BCUT2D eigenvalue weighted by Gasteiger charge is 2.31. The summed E-state index contributed by atoms with van der Waals surface area (Å²) in [5.74, 6) is 1.13. The summed E-state index contributed by atoms with van der Waals surface area (Å²) in [6, 6.07) is 6.25. The molecule has 1 saturated carbocycles. The van der Waals surface area contributed by atoms with Crippen LogP contribution in [0.5, 0.6) is 0 Å². The number of rotatable bonds is 3. The minimum Gasteiger partial charge on any atom is -0.384 e. The summed E-state index contributed by atoms with van der Waals surface area (Å²) in [5.41, 5.74) is 1.11. The molecule has 0 radical (unpaired) electrons. The largest absolute Gasteiger partial charge is 0.384 e. The van der Waals surface area contributed by atoms with Gasteiger partial charge in [0.25, 0.3) is 0 Å². The molecule has 0 aromatic heterocycles. The van der Waals surface area contributed by atoms with Gasteiger partial charge in [-0.2, -0.15) is 5.26 Å². The molecular weight excluding hydrogens is 191 g/mol. The maximum Gasteiger partial charge on any atom is 0.124 e. The van der Waals surface area contributed by atoms with Gasteiger partial charge >= 0.3 is 0 Å². The van der Waals surface area contributed by atoms with Gasteiger partial charge in [-0.3, -0.25) is 0 Å². The zero-order chi connectivity index (χ0) is 10.8. The van der Waals surface area contributed by atoms with Crippen molar-refractivity contribution in [2.45, 2.75) is 13.3 Å². The third kappa shape index (κ3) is 2.27. The van der Waals surface area contributed by atoms with Crippen LogP contribution < -0.4 is 5.32 Å². The van der Waals surface area contributed by atoms with E-state index in [4.69, 9.17) is 5.26 Å². The van der Waals surface area contributed by atoms with Crippen LogP contribution >= 0.6 is 0 Å². The molecule has 2 nitrogen and oxygen atoms in total. The van der Waals surface area contributed by atoms with E-state index < -0.39 is 0 Å². The second kappa shape index (κ2) is 3.90. The van der Waals surface area contributed by atoms with E-state index in [0.717, 1.165) is 18.2 Å². The van der Waals surface area contributed by atoms with Gasteiger partial charge in [-0.05, 0) is 36.5 Å². The summed E-state index contributed by atoms with van der Waals surface area (Å²) in [7, 11) is 0. The standard InChI is InChI=1S/C12H13FN2/c1-8-4-10(8)7-15-12-3-2-11(13)5-9(12)6-14/h2-3,5,8,10,15H,4,7H2,1H3. The van der Waals surface area contributed by atoms with Crippen LogP contribution in [0.15, 0.2) is 18.2 Å². The molecule has 2 unspecified atom stereocenters. The fourth-order valence-electron chi connectivity index (χ4n) is 1.69. The Hall–Kier alpha value is -1.56. The van der Waals surface area contributed by atoms with E-state index in [1.807, 2.05) is 6.07 Å². The first-order chi connectivity index (χ1) is 7.20. The third-order valence-electron chi connectivity index (χ3n) is 2.93. The van der Waals surface area contributed by atoms with Crippen LogP contribution in [-0.2, 0) is 0 Å². The summed E-state index contributed by atoms with van der Waals surface area (Å²) in [6.45, 7) is 3.09. The van der Waals surface area contributed by atoms with E-state index in [1.165, 1.54) is 18.6 Å². The maximum atomic E-state index is 12.8. The number of nitriles is 1. The molecule has 1 N–H and O–H groups in total. The number of nitrogens with one attached hydrogen (secondary N) is 1. The fourth-order valence-corrected chi connectivity index (χ4v) is 1.69. The monoisotopic (exact) mass is 204 g/mol. The summed E-state index contributed by atoms with van der Waals surface area (Å²) in [5, 5.41) is 12.0. The second-order valence-corrected chi connectivity index (χ2v) is 4.16. The van der Waals surface area contributed by atoms with Gasteiger partial charge in [0, 0.05) is 6.54 Å². The quantitative estimate of drug-likeness (QED) is 0.821. The zero-order valence-electron chi connectivity index (χ0n) is 8.63. The number of nitrogens with zero attached hydrogens (tertiary/aromatic N) is 1. The summed E-state index contributed by atoms with van der Waals surface area (Å²) in [4.78, 5) is 0. The molecule has 0 amide bonds. The number of halogens is 1. The predicted molar refractivity (Wildman–Crippen MR) is 56.9 cm³/mol. The fraction of sp³-hybridized carbons (Fsp3) is 0.417. The zero-order valence-corrected chi connectivity index (χ0v) is 8.63. The molecule has 1 aromatic rings. The van der Waals surface area contributed by atoms with Crippen molar-refractivity contribution >= 4 is 5.69 Å². The molecule has 0 aliphatic heterocycles. The lowest BCUT2D eigenvalue weighted by atomic mass is 10.2. The molecule has 15 heavy (non-hydrogen) atoms. The summed E-state index contributed by atoms with van der Waals surface area (Å²) in [6.07, 6.45) is 1.25. The van der Waals surface area contributed by atoms with Gasteiger partial charge in [0.2, 0.25) is 0 Å². The number of anilines is 1. The van der Waals surface area contributed by atoms with E-state index in [2.05, 4.69) is 12.2 Å². The molecule has 3 heteroatoms. The lowest BCUT2D eigenvalue weighted by Gasteiger charge is -2.07. The second-order valence-electron chi connectivity index (χ2n) is 4.16. The van der Waals surface area contributed by atoms with Crippen molar-refractivity contribution in [3.8, 4) is 6.07 Å². The van der Waals surface area contributed by atoms with E-state index in [-0.39, 0.29) is 5.82 Å². The van der Waals surface area contributed by atoms with Gasteiger partial charge in [-0.15, -0.1) is 0 Å². The minimum absolute atomic E-state index is 0.364. The minimum atomic E-state index is -0.364. The van der Waals surface area contributed by atoms with Crippen LogP contribution in [0.2, 0.25) is 0 Å². The Kier molecular flexibility index (Phi) is 2.59. The van der Waals surface area contributed by atoms with E-state index in [0.29, 0.717) is 11.5 Å². The van der Waals surface area contributed by atoms with E-state index in [1.54, 1.807) is 6.07 Å². The highest BCUT2D eigenvalue weighted by Crippen LogP contribution is 2.37. The Balaban J connectivity index is 2.04. The Morgan fingerprint density at radius 2 is 2.33 bits per heavy atom. The van der Waals surface area contributed by atoms with Crippen molar-refractivity contribution in [2.75, 3.05) is 11.9 Å². The molecule has 2 rings (SSSR count). The van der Waals surface area contributed by atoms with Crippen LogP contribution in [0.4, 0.5) is 10.1 Å². The Morgan fingerprint density at radius 3 is 2.93 bits per heavy atom. The molecule has 1 aromatic carbocycles. The van der Waals surface area contributed by atoms with Crippen molar-refractivity contribution in [1.82, 2.24) is 0 Å². The Bertz CT molecular complexity index is 409. The first-order valence-corrected chi connectivity index (χ1v) is 5.14. The summed E-state index contributed by atoms with van der Waals surface area (Å²) >= 11 is 0. The molecule has 1 aliphatic carbocycles. The Labute approximate surface area is 88.7 Å².